The molecule has 0 fully saturated rings. The minimum atomic E-state index is -0.239. The van der Waals surface area contributed by atoms with Crippen molar-refractivity contribution >= 4 is 17.3 Å². The predicted octanol–water partition coefficient (Wildman–Crippen LogP) is 3.74. The first kappa shape index (κ1) is 17.4. The van der Waals surface area contributed by atoms with Crippen molar-refractivity contribution in [2.75, 3.05) is 17.2 Å². The Balaban J connectivity index is 1.68. The van der Waals surface area contributed by atoms with Gasteiger partial charge in [0.1, 0.15) is 5.75 Å². The third-order valence-corrected chi connectivity index (χ3v) is 3.68. The maximum absolute atomic E-state index is 12.6. The molecule has 6 heteroatoms. The highest BCUT2D eigenvalue weighted by Gasteiger charge is 2.10. The van der Waals surface area contributed by atoms with Crippen LogP contribution in [0.5, 0.6) is 5.75 Å². The van der Waals surface area contributed by atoms with Crippen molar-refractivity contribution in [1.82, 2.24) is 9.97 Å². The summed E-state index contributed by atoms with van der Waals surface area (Å²) >= 11 is 0. The van der Waals surface area contributed by atoms with E-state index in [1.54, 1.807) is 24.7 Å². The first-order valence-corrected chi connectivity index (χ1v) is 8.37. The lowest BCUT2D eigenvalue weighted by Gasteiger charge is -2.12. The second kappa shape index (κ2) is 8.62. The number of amides is 1. The monoisotopic (exact) mass is 348 g/mol. The lowest BCUT2D eigenvalue weighted by atomic mass is 10.2. The molecule has 1 aromatic carbocycles. The molecule has 132 valence electrons. The minimum Gasteiger partial charge on any atom is -0.492 e. The van der Waals surface area contributed by atoms with Gasteiger partial charge in [-0.2, -0.15) is 0 Å². The zero-order chi connectivity index (χ0) is 18.2. The third-order valence-electron chi connectivity index (χ3n) is 3.68. The Hall–Kier alpha value is -3.41. The number of rotatable bonds is 7. The molecule has 2 aromatic heterocycles. The molecular weight excluding hydrogens is 328 g/mol. The van der Waals surface area contributed by atoms with Crippen LogP contribution >= 0.6 is 0 Å². The van der Waals surface area contributed by atoms with Crippen LogP contribution in [0, 0.1) is 0 Å². The number of nitrogens with one attached hydrogen (secondary N) is 2. The van der Waals surface area contributed by atoms with E-state index in [0.29, 0.717) is 30.2 Å². The van der Waals surface area contributed by atoms with Gasteiger partial charge in [0.2, 0.25) is 0 Å². The Kier molecular flexibility index (Phi) is 5.77. The summed E-state index contributed by atoms with van der Waals surface area (Å²) in [6.07, 6.45) is 6.71. The Bertz CT molecular complexity index is 868. The number of hydrogen-bond donors (Lipinski definition) is 2. The molecule has 1 amide bonds. The smallest absolute Gasteiger partial charge is 0.257 e. The molecule has 3 rings (SSSR count). The molecule has 0 aliphatic heterocycles. The van der Waals surface area contributed by atoms with Crippen molar-refractivity contribution in [3.8, 4) is 5.75 Å². The molecule has 0 unspecified atom stereocenters. The molecule has 26 heavy (non-hydrogen) atoms. The average molecular weight is 348 g/mol. The van der Waals surface area contributed by atoms with Crippen molar-refractivity contribution in [3.63, 3.8) is 0 Å². The molecule has 0 radical (unpaired) electrons. The molecule has 3 aromatic rings. The van der Waals surface area contributed by atoms with Crippen LogP contribution in [0.4, 0.5) is 11.4 Å². The molecule has 0 bridgehead atoms. The third kappa shape index (κ3) is 4.57. The standard InChI is InChI=1S/C20H20N4O2/c1-2-26-19-6-4-3-5-18(19)24-20(25)16-11-17(14-22-13-16)23-12-15-7-9-21-10-8-15/h3-11,13-14,23H,2,12H2,1H3,(H,24,25). The van der Waals surface area contributed by atoms with Crippen LogP contribution < -0.4 is 15.4 Å². The molecule has 0 saturated heterocycles. The van der Waals surface area contributed by atoms with Crippen molar-refractivity contribution in [3.05, 3.63) is 78.4 Å². The number of anilines is 2. The second-order valence-electron chi connectivity index (χ2n) is 5.55. The fourth-order valence-electron chi connectivity index (χ4n) is 2.41. The van der Waals surface area contributed by atoms with Crippen LogP contribution in [-0.2, 0) is 6.54 Å². The van der Waals surface area contributed by atoms with Gasteiger partial charge in [0, 0.05) is 31.3 Å². The van der Waals surface area contributed by atoms with Gasteiger partial charge in [0.05, 0.1) is 23.5 Å². The highest BCUT2D eigenvalue weighted by Crippen LogP contribution is 2.24. The molecule has 0 atom stereocenters. The number of nitrogens with zero attached hydrogens (tertiary/aromatic N) is 2. The summed E-state index contributed by atoms with van der Waals surface area (Å²) in [7, 11) is 0. The summed E-state index contributed by atoms with van der Waals surface area (Å²) in [5, 5.41) is 6.13. The second-order valence-corrected chi connectivity index (χ2v) is 5.55. The van der Waals surface area contributed by atoms with Crippen LogP contribution in [0.15, 0.2) is 67.3 Å². The minimum absolute atomic E-state index is 0.239. The molecule has 6 nitrogen and oxygen atoms in total. The van der Waals surface area contributed by atoms with E-state index in [4.69, 9.17) is 4.74 Å². The Labute approximate surface area is 152 Å². The number of para-hydroxylation sites is 2. The van der Waals surface area contributed by atoms with Crippen LogP contribution in [0.25, 0.3) is 0 Å². The van der Waals surface area contributed by atoms with Gasteiger partial charge in [-0.1, -0.05) is 12.1 Å². The highest BCUT2D eigenvalue weighted by atomic mass is 16.5. The van der Waals surface area contributed by atoms with Crippen molar-refractivity contribution in [2.24, 2.45) is 0 Å². The van der Waals surface area contributed by atoms with Gasteiger partial charge in [-0.05, 0) is 42.8 Å². The largest absolute Gasteiger partial charge is 0.492 e. The molecular formula is C20H20N4O2. The topological polar surface area (TPSA) is 76.1 Å². The summed E-state index contributed by atoms with van der Waals surface area (Å²) in [4.78, 5) is 20.7. The van der Waals surface area contributed by atoms with E-state index >= 15 is 0 Å². The Morgan fingerprint density at radius 1 is 1.08 bits per heavy atom. The summed E-state index contributed by atoms with van der Waals surface area (Å²) < 4.78 is 5.54. The zero-order valence-corrected chi connectivity index (χ0v) is 14.5. The fourth-order valence-corrected chi connectivity index (χ4v) is 2.41. The number of aromatic nitrogens is 2. The lowest BCUT2D eigenvalue weighted by molar-refractivity contribution is 0.102. The van der Waals surface area contributed by atoms with Gasteiger partial charge in [0.25, 0.3) is 5.91 Å². The summed E-state index contributed by atoms with van der Waals surface area (Å²) in [5.74, 6) is 0.403. The molecule has 0 spiro atoms. The van der Waals surface area contributed by atoms with Crippen LogP contribution in [0.3, 0.4) is 0 Å². The van der Waals surface area contributed by atoms with Crippen LogP contribution in [-0.4, -0.2) is 22.5 Å². The van der Waals surface area contributed by atoms with Gasteiger partial charge in [0.15, 0.2) is 0 Å². The maximum Gasteiger partial charge on any atom is 0.257 e. The van der Waals surface area contributed by atoms with Crippen molar-refractivity contribution < 1.29 is 9.53 Å². The predicted molar refractivity (Wildman–Crippen MR) is 101 cm³/mol. The van der Waals surface area contributed by atoms with Crippen LogP contribution in [0.2, 0.25) is 0 Å². The van der Waals surface area contributed by atoms with Crippen molar-refractivity contribution in [1.29, 1.82) is 0 Å². The van der Waals surface area contributed by atoms with E-state index in [-0.39, 0.29) is 5.91 Å². The number of hydrogen-bond acceptors (Lipinski definition) is 5. The van der Waals surface area contributed by atoms with Crippen molar-refractivity contribution in [2.45, 2.75) is 13.5 Å². The van der Waals surface area contributed by atoms with Gasteiger partial charge >= 0.3 is 0 Å². The lowest BCUT2D eigenvalue weighted by Crippen LogP contribution is -2.13. The van der Waals surface area contributed by atoms with E-state index in [0.717, 1.165) is 11.3 Å². The number of pyridine rings is 2. The first-order chi connectivity index (χ1) is 12.8. The van der Waals surface area contributed by atoms with Gasteiger partial charge in [-0.15, -0.1) is 0 Å². The first-order valence-electron chi connectivity index (χ1n) is 8.37. The molecule has 2 N–H and O–H groups in total. The Morgan fingerprint density at radius 2 is 1.88 bits per heavy atom. The maximum atomic E-state index is 12.6. The van der Waals surface area contributed by atoms with Crippen LogP contribution in [0.1, 0.15) is 22.8 Å². The SMILES string of the molecule is CCOc1ccccc1NC(=O)c1cncc(NCc2ccncc2)c1. The Morgan fingerprint density at radius 3 is 2.69 bits per heavy atom. The quantitative estimate of drug-likeness (QED) is 0.680. The van der Waals surface area contributed by atoms with E-state index in [9.17, 15) is 4.79 Å². The number of carbonyl (C=O) groups excluding carboxylic acids is 1. The molecule has 0 aliphatic carbocycles. The average Bonchev–Trinajstić information content (AvgIpc) is 2.69. The van der Waals surface area contributed by atoms with E-state index in [1.807, 2.05) is 43.3 Å². The highest BCUT2D eigenvalue weighted by molar-refractivity contribution is 6.05. The molecule has 0 saturated carbocycles. The molecule has 2 heterocycles. The molecule has 0 aliphatic rings. The number of benzene rings is 1. The van der Waals surface area contributed by atoms with E-state index in [2.05, 4.69) is 20.6 Å². The van der Waals surface area contributed by atoms with Gasteiger partial charge in [-0.25, -0.2) is 0 Å². The normalized spacial score (nSPS) is 10.2. The summed E-state index contributed by atoms with van der Waals surface area (Å²) in [6.45, 7) is 3.06. The van der Waals surface area contributed by atoms with E-state index < -0.39 is 0 Å². The van der Waals surface area contributed by atoms with Gasteiger partial charge < -0.3 is 15.4 Å². The van der Waals surface area contributed by atoms with Gasteiger partial charge in [-0.3, -0.25) is 14.8 Å². The van der Waals surface area contributed by atoms with E-state index in [1.165, 1.54) is 6.20 Å². The number of ether oxygens (including phenoxy) is 1. The summed E-state index contributed by atoms with van der Waals surface area (Å²) in [6, 6.07) is 13.0. The summed E-state index contributed by atoms with van der Waals surface area (Å²) in [5.41, 5.74) is 2.97. The zero-order valence-electron chi connectivity index (χ0n) is 14.5. The fraction of sp³-hybridized carbons (Fsp3) is 0.150. The number of carbonyl (C=O) groups is 1.